The van der Waals surface area contributed by atoms with Crippen molar-refractivity contribution in [1.82, 2.24) is 0 Å². The molecule has 0 aromatic heterocycles. The maximum absolute atomic E-state index is 8.88. The van der Waals surface area contributed by atoms with Crippen LogP contribution in [0.15, 0.2) is 0 Å². The summed E-state index contributed by atoms with van der Waals surface area (Å²) in [7, 11) is 9.25. The van der Waals surface area contributed by atoms with E-state index < -0.39 is 44.1 Å². The number of halogens is 2. The van der Waals surface area contributed by atoms with E-state index in [0.717, 1.165) is 0 Å². The summed E-state index contributed by atoms with van der Waals surface area (Å²) in [5.41, 5.74) is 0. The SMILES string of the molecule is [O]=[Bi][Cl].[O]=[Bi][Cl]. The predicted molar refractivity (Wildman–Crippen MR) is 24.6 cm³/mol. The Morgan fingerprint density at radius 3 is 1.00 bits per heavy atom. The van der Waals surface area contributed by atoms with E-state index >= 15 is 0 Å². The van der Waals surface area contributed by atoms with E-state index in [0.29, 0.717) is 0 Å². The first-order valence-corrected chi connectivity index (χ1v) is 12.1. The van der Waals surface area contributed by atoms with Gasteiger partial charge in [-0.05, 0) is 0 Å². The van der Waals surface area contributed by atoms with Gasteiger partial charge in [0.05, 0.1) is 0 Å². The van der Waals surface area contributed by atoms with Gasteiger partial charge in [0, 0.05) is 0 Å². The van der Waals surface area contributed by atoms with Gasteiger partial charge in [-0.3, -0.25) is 0 Å². The van der Waals surface area contributed by atoms with Gasteiger partial charge in [-0.2, -0.15) is 0 Å². The van der Waals surface area contributed by atoms with E-state index in [2.05, 4.69) is 17.0 Å². The Bertz CT molecular complexity index is 30.5. The Hall–Kier alpha value is 1.95. The number of rotatable bonds is 0. The van der Waals surface area contributed by atoms with Crippen LogP contribution < -0.4 is 0 Å². The molecule has 0 bridgehead atoms. The molecule has 0 aliphatic carbocycles. The molecule has 0 aromatic carbocycles. The first kappa shape index (κ1) is 10.8. The molecular weight excluding hydrogens is 521 g/mol. The Morgan fingerprint density at radius 2 is 1.00 bits per heavy atom. The summed E-state index contributed by atoms with van der Waals surface area (Å²) in [6.07, 6.45) is 0. The van der Waals surface area contributed by atoms with Crippen LogP contribution >= 0.6 is 17.0 Å². The predicted octanol–water partition coefficient (Wildman–Crippen LogP) is 0.380. The molecule has 0 saturated carbocycles. The number of hydrogen-bond donors (Lipinski definition) is 0. The van der Waals surface area contributed by atoms with Gasteiger partial charge < -0.3 is 0 Å². The van der Waals surface area contributed by atoms with E-state index in [9.17, 15) is 0 Å². The van der Waals surface area contributed by atoms with E-state index in [1.807, 2.05) is 0 Å². The monoisotopic (exact) mass is 520 g/mol. The molecule has 2 nitrogen and oxygen atoms in total. The molecule has 0 fully saturated rings. The van der Waals surface area contributed by atoms with Crippen LogP contribution in [0.2, 0.25) is 0 Å². The average Bonchev–Trinajstić information content (AvgIpc) is 1.39. The molecule has 36 valence electrons. The van der Waals surface area contributed by atoms with Crippen molar-refractivity contribution in [2.75, 3.05) is 0 Å². The third kappa shape index (κ3) is 38.4. The van der Waals surface area contributed by atoms with Crippen LogP contribution in [0.5, 0.6) is 0 Å². The van der Waals surface area contributed by atoms with Gasteiger partial charge in [0.2, 0.25) is 0 Å². The van der Waals surface area contributed by atoms with Crippen LogP contribution in [-0.2, 0) is 5.63 Å². The average molecular weight is 521 g/mol. The molecule has 0 aliphatic heterocycles. The molecule has 0 unspecified atom stereocenters. The van der Waals surface area contributed by atoms with Crippen molar-refractivity contribution >= 4 is 61.1 Å². The molecular formula is Bi2Cl2O2. The summed E-state index contributed by atoms with van der Waals surface area (Å²) in [4.78, 5) is 0. The number of hydrogen-bond acceptors (Lipinski definition) is 2. The van der Waals surface area contributed by atoms with E-state index in [1.54, 1.807) is 0 Å². The Labute approximate surface area is 65.7 Å². The van der Waals surface area contributed by atoms with Crippen LogP contribution in [0.25, 0.3) is 0 Å². The minimum absolute atomic E-state index is 1.61. The Kier molecular flexibility index (Phi) is 28.5. The standard InChI is InChI=1S/2Bi.2ClH.2O/h;;2*1H;;/q2*+1;;;;/p-2. The summed E-state index contributed by atoms with van der Waals surface area (Å²) < 4.78 is 17.8. The van der Waals surface area contributed by atoms with Crippen LogP contribution in [0.4, 0.5) is 0 Å². The van der Waals surface area contributed by atoms with Crippen LogP contribution in [-0.4, -0.2) is 44.1 Å². The summed E-state index contributed by atoms with van der Waals surface area (Å²) in [6.45, 7) is 0. The zero-order valence-electron chi connectivity index (χ0n) is 2.47. The normalized spacial score (nSPS) is 4.33. The molecule has 6 heavy (non-hydrogen) atoms. The van der Waals surface area contributed by atoms with E-state index in [4.69, 9.17) is 5.63 Å². The van der Waals surface area contributed by atoms with Gasteiger partial charge in [-0.1, -0.05) is 0 Å². The topological polar surface area (TPSA) is 34.1 Å². The molecule has 0 saturated heterocycles. The van der Waals surface area contributed by atoms with Crippen molar-refractivity contribution in [2.45, 2.75) is 0 Å². The van der Waals surface area contributed by atoms with Crippen molar-refractivity contribution in [3.05, 3.63) is 0 Å². The molecule has 6 heteroatoms. The first-order valence-electron chi connectivity index (χ1n) is 0.703. The fourth-order valence-corrected chi connectivity index (χ4v) is 0. The fraction of sp³-hybridized carbons (Fsp3) is 0. The summed E-state index contributed by atoms with van der Waals surface area (Å²) in [6, 6.07) is 0. The van der Waals surface area contributed by atoms with Crippen LogP contribution in [0.1, 0.15) is 0 Å². The van der Waals surface area contributed by atoms with Crippen molar-refractivity contribution in [2.24, 2.45) is 0 Å². The molecule has 0 amide bonds. The summed E-state index contributed by atoms with van der Waals surface area (Å²) in [5.74, 6) is 0. The van der Waals surface area contributed by atoms with E-state index in [-0.39, 0.29) is 0 Å². The maximum atomic E-state index is 8.88. The second kappa shape index (κ2) is 15.8. The van der Waals surface area contributed by atoms with Gasteiger partial charge >= 0.3 is 66.7 Å². The van der Waals surface area contributed by atoms with Crippen molar-refractivity contribution in [1.29, 1.82) is 0 Å². The molecule has 0 aromatic rings. The molecule has 0 spiro atoms. The zero-order chi connectivity index (χ0) is 5.41. The molecule has 0 N–H and O–H groups in total. The first-order chi connectivity index (χ1) is 2.83. The van der Waals surface area contributed by atoms with Crippen molar-refractivity contribution in [3.8, 4) is 0 Å². The van der Waals surface area contributed by atoms with Crippen molar-refractivity contribution < 1.29 is 5.63 Å². The molecule has 0 atom stereocenters. The Balaban J connectivity index is 0. The third-order valence-electron chi connectivity index (χ3n) is 0. The molecule has 0 heterocycles. The van der Waals surface area contributed by atoms with E-state index in [1.165, 1.54) is 0 Å². The van der Waals surface area contributed by atoms with Gasteiger partial charge in [-0.25, -0.2) is 0 Å². The molecule has 0 aliphatic rings. The second-order valence-corrected chi connectivity index (χ2v) is 3.63. The second-order valence-electron chi connectivity index (χ2n) is 0.138. The van der Waals surface area contributed by atoms with Gasteiger partial charge in [0.1, 0.15) is 0 Å². The third-order valence-corrected chi connectivity index (χ3v) is 0. The van der Waals surface area contributed by atoms with Gasteiger partial charge in [0.25, 0.3) is 0 Å². The van der Waals surface area contributed by atoms with Crippen LogP contribution in [0, 0.1) is 0 Å². The van der Waals surface area contributed by atoms with Crippen molar-refractivity contribution in [3.63, 3.8) is 0 Å². The molecule has 0 radical (unpaired) electrons. The van der Waals surface area contributed by atoms with Crippen LogP contribution in [0.3, 0.4) is 0 Å². The minimum atomic E-state index is -1.61. The quantitative estimate of drug-likeness (QED) is 0.433. The molecule has 0 rings (SSSR count). The summed E-state index contributed by atoms with van der Waals surface area (Å²) >= 11 is -3.22. The fourth-order valence-electron chi connectivity index (χ4n) is 0. The Morgan fingerprint density at radius 1 is 1.00 bits per heavy atom. The van der Waals surface area contributed by atoms with Gasteiger partial charge in [-0.15, -0.1) is 0 Å². The van der Waals surface area contributed by atoms with Gasteiger partial charge in [0.15, 0.2) is 0 Å². The summed E-state index contributed by atoms with van der Waals surface area (Å²) in [5, 5.41) is 0. The zero-order valence-corrected chi connectivity index (χ0v) is 10.9.